The van der Waals surface area contributed by atoms with Crippen LogP contribution in [0.1, 0.15) is 41.8 Å². The van der Waals surface area contributed by atoms with Crippen molar-refractivity contribution in [2.75, 3.05) is 6.61 Å². The third-order valence-corrected chi connectivity index (χ3v) is 4.30. The second kappa shape index (κ2) is 12.1. The average Bonchev–Trinajstić information content (AvgIpc) is 2.75. The largest absolute Gasteiger partial charge is 0.508 e. The third-order valence-electron chi connectivity index (χ3n) is 4.30. The zero-order chi connectivity index (χ0) is 22.6. The number of imide groups is 1. The molecule has 2 rings (SSSR count). The highest BCUT2D eigenvalue weighted by Gasteiger charge is 2.28. The molecule has 0 fully saturated rings. The topological polar surface area (TPSA) is 122 Å². The summed E-state index contributed by atoms with van der Waals surface area (Å²) in [4.78, 5) is 35.4. The van der Waals surface area contributed by atoms with E-state index < -0.39 is 30.2 Å². The zero-order valence-electron chi connectivity index (χ0n) is 17.1. The number of aromatic hydroxyl groups is 1. The number of allylic oxidation sites excluding steroid dienone is 1. The van der Waals surface area contributed by atoms with Gasteiger partial charge >= 0.3 is 12.1 Å². The second-order valence-electron chi connectivity index (χ2n) is 6.55. The summed E-state index contributed by atoms with van der Waals surface area (Å²) in [6.45, 7) is 2.11. The average molecular weight is 427 g/mol. The highest BCUT2D eigenvalue weighted by Crippen LogP contribution is 2.28. The standard InChI is InChI=1S/C23H25NO7/c1-2-30-19(10-6-7-11-20(26)27)21(16-12-14-18(25)15-13-16)31-23(29)24-22(28)17-8-4-3-5-9-17/h3-5,7-9,11-15,19,21,25H,2,6,10H2,1H3,(H,26,27)(H,24,28,29)/b11-7+/t19-,21-/m0/s1. The van der Waals surface area contributed by atoms with Gasteiger partial charge in [-0.15, -0.1) is 0 Å². The minimum atomic E-state index is -1.06. The van der Waals surface area contributed by atoms with Crippen LogP contribution < -0.4 is 5.32 Å². The Morgan fingerprint density at radius 3 is 2.35 bits per heavy atom. The molecule has 8 nitrogen and oxygen atoms in total. The lowest BCUT2D eigenvalue weighted by molar-refractivity contribution is -0.131. The second-order valence-corrected chi connectivity index (χ2v) is 6.55. The first kappa shape index (κ1) is 23.6. The third kappa shape index (κ3) is 7.94. The van der Waals surface area contributed by atoms with Gasteiger partial charge in [-0.05, 0) is 49.6 Å². The van der Waals surface area contributed by atoms with Crippen molar-refractivity contribution in [2.24, 2.45) is 0 Å². The molecule has 2 aromatic carbocycles. The molecule has 0 saturated heterocycles. The fraction of sp³-hybridized carbons (Fsp3) is 0.261. The minimum absolute atomic E-state index is 0.0450. The lowest BCUT2D eigenvalue weighted by atomic mass is 10.00. The normalized spacial score (nSPS) is 12.8. The summed E-state index contributed by atoms with van der Waals surface area (Å²) in [5, 5.41) is 20.5. The van der Waals surface area contributed by atoms with Crippen LogP contribution in [0.15, 0.2) is 66.7 Å². The Morgan fingerprint density at radius 2 is 1.74 bits per heavy atom. The van der Waals surface area contributed by atoms with Crippen molar-refractivity contribution in [1.82, 2.24) is 5.32 Å². The van der Waals surface area contributed by atoms with Crippen molar-refractivity contribution >= 4 is 18.0 Å². The van der Waals surface area contributed by atoms with Crippen LogP contribution in [0.3, 0.4) is 0 Å². The predicted molar refractivity (Wildman–Crippen MR) is 113 cm³/mol. The van der Waals surface area contributed by atoms with Gasteiger partial charge in [0.2, 0.25) is 0 Å². The van der Waals surface area contributed by atoms with E-state index in [2.05, 4.69) is 5.32 Å². The number of carbonyl (C=O) groups excluding carboxylic acids is 2. The molecule has 31 heavy (non-hydrogen) atoms. The predicted octanol–water partition coefficient (Wildman–Crippen LogP) is 3.83. The molecule has 8 heteroatoms. The Kier molecular flexibility index (Phi) is 9.25. The Balaban J connectivity index is 2.17. The van der Waals surface area contributed by atoms with E-state index in [4.69, 9.17) is 14.6 Å². The lowest BCUT2D eigenvalue weighted by Gasteiger charge is -2.27. The number of aliphatic carboxylic acids is 1. The van der Waals surface area contributed by atoms with Gasteiger partial charge in [0.15, 0.2) is 6.10 Å². The van der Waals surface area contributed by atoms with Gasteiger partial charge in [-0.1, -0.05) is 36.4 Å². The van der Waals surface area contributed by atoms with E-state index in [9.17, 15) is 19.5 Å². The van der Waals surface area contributed by atoms with Gasteiger partial charge in [0, 0.05) is 18.2 Å². The maximum atomic E-state index is 12.5. The molecular formula is C23H25NO7. The molecule has 0 aromatic heterocycles. The van der Waals surface area contributed by atoms with E-state index in [0.29, 0.717) is 30.6 Å². The summed E-state index contributed by atoms with van der Waals surface area (Å²) in [6, 6.07) is 14.3. The van der Waals surface area contributed by atoms with Gasteiger partial charge in [-0.3, -0.25) is 10.1 Å². The van der Waals surface area contributed by atoms with E-state index in [-0.39, 0.29) is 5.75 Å². The Hall–Kier alpha value is -3.65. The van der Waals surface area contributed by atoms with Gasteiger partial charge in [0.1, 0.15) is 5.75 Å². The van der Waals surface area contributed by atoms with Gasteiger partial charge in [0.05, 0.1) is 6.10 Å². The van der Waals surface area contributed by atoms with Crippen molar-refractivity contribution in [2.45, 2.75) is 32.0 Å². The van der Waals surface area contributed by atoms with Gasteiger partial charge in [-0.2, -0.15) is 0 Å². The molecule has 0 spiro atoms. The molecule has 2 atom stereocenters. The fourth-order valence-electron chi connectivity index (χ4n) is 2.90. The van der Waals surface area contributed by atoms with Crippen LogP contribution in [-0.2, 0) is 14.3 Å². The number of rotatable bonds is 10. The minimum Gasteiger partial charge on any atom is -0.508 e. The molecule has 0 aliphatic rings. The molecule has 0 bridgehead atoms. The number of amides is 2. The summed E-state index contributed by atoms with van der Waals surface area (Å²) in [7, 11) is 0. The van der Waals surface area contributed by atoms with Gasteiger partial charge in [-0.25, -0.2) is 9.59 Å². The summed E-state index contributed by atoms with van der Waals surface area (Å²) < 4.78 is 11.3. The number of nitrogens with one attached hydrogen (secondary N) is 1. The molecule has 164 valence electrons. The number of carbonyl (C=O) groups is 3. The summed E-state index contributed by atoms with van der Waals surface area (Å²) in [5.41, 5.74) is 0.863. The van der Waals surface area contributed by atoms with E-state index >= 15 is 0 Å². The fourth-order valence-corrected chi connectivity index (χ4v) is 2.90. The smallest absolute Gasteiger partial charge is 0.414 e. The van der Waals surface area contributed by atoms with Crippen LogP contribution in [0.25, 0.3) is 0 Å². The first-order valence-corrected chi connectivity index (χ1v) is 9.77. The molecule has 0 unspecified atom stereocenters. The molecule has 0 aliphatic heterocycles. The first-order chi connectivity index (χ1) is 14.9. The van der Waals surface area contributed by atoms with E-state index in [1.54, 1.807) is 49.4 Å². The van der Waals surface area contributed by atoms with Crippen LogP contribution in [0, 0.1) is 0 Å². The highest BCUT2D eigenvalue weighted by molar-refractivity contribution is 6.02. The van der Waals surface area contributed by atoms with Crippen molar-refractivity contribution in [3.05, 3.63) is 77.9 Å². The van der Waals surface area contributed by atoms with Crippen LogP contribution >= 0.6 is 0 Å². The Morgan fingerprint density at radius 1 is 1.06 bits per heavy atom. The van der Waals surface area contributed by atoms with E-state index in [0.717, 1.165) is 6.08 Å². The number of hydrogen-bond acceptors (Lipinski definition) is 6. The number of phenols is 1. The lowest BCUT2D eigenvalue weighted by Crippen LogP contribution is -2.35. The van der Waals surface area contributed by atoms with Crippen molar-refractivity contribution in [3.63, 3.8) is 0 Å². The molecule has 2 aromatic rings. The molecule has 0 saturated carbocycles. The summed E-state index contributed by atoms with van der Waals surface area (Å²) >= 11 is 0. The Labute approximate surface area is 180 Å². The van der Waals surface area contributed by atoms with Gasteiger partial charge < -0.3 is 19.7 Å². The number of carboxylic acid groups (broad SMARTS) is 1. The first-order valence-electron chi connectivity index (χ1n) is 9.77. The molecule has 0 radical (unpaired) electrons. The van der Waals surface area contributed by atoms with Gasteiger partial charge in [0.25, 0.3) is 5.91 Å². The van der Waals surface area contributed by atoms with Crippen LogP contribution in [0.2, 0.25) is 0 Å². The van der Waals surface area contributed by atoms with E-state index in [1.807, 2.05) is 0 Å². The van der Waals surface area contributed by atoms with Crippen LogP contribution in [0.5, 0.6) is 5.75 Å². The quantitative estimate of drug-likeness (QED) is 0.493. The number of alkyl carbamates (subject to hydrolysis) is 1. The summed E-state index contributed by atoms with van der Waals surface area (Å²) in [6.07, 6.45) is 0.819. The number of hydrogen-bond donors (Lipinski definition) is 3. The maximum Gasteiger partial charge on any atom is 0.414 e. The van der Waals surface area contributed by atoms with Crippen molar-refractivity contribution < 1.29 is 34.1 Å². The molecule has 0 aliphatic carbocycles. The number of carboxylic acids is 1. The van der Waals surface area contributed by atoms with E-state index in [1.165, 1.54) is 18.2 Å². The van der Waals surface area contributed by atoms with Crippen molar-refractivity contribution in [1.29, 1.82) is 0 Å². The molecule has 3 N–H and O–H groups in total. The zero-order valence-corrected chi connectivity index (χ0v) is 17.1. The number of benzene rings is 2. The highest BCUT2D eigenvalue weighted by atomic mass is 16.6. The maximum absolute atomic E-state index is 12.5. The van der Waals surface area contributed by atoms with Crippen molar-refractivity contribution in [3.8, 4) is 5.75 Å². The van der Waals surface area contributed by atoms with Crippen LogP contribution in [-0.4, -0.2) is 40.9 Å². The molecule has 0 heterocycles. The SMILES string of the molecule is CCO[C@@H](CC/C=C/C(=O)O)[C@@H](OC(=O)NC(=O)c1ccccc1)c1ccc(O)cc1. The molecular weight excluding hydrogens is 402 g/mol. The Bertz CT molecular complexity index is 894. The molecule has 2 amide bonds. The van der Waals surface area contributed by atoms with Crippen LogP contribution in [0.4, 0.5) is 4.79 Å². The summed E-state index contributed by atoms with van der Waals surface area (Å²) in [5.74, 6) is -1.62. The monoisotopic (exact) mass is 427 g/mol. The number of ether oxygens (including phenoxy) is 2. The number of phenolic OH excluding ortho intramolecular Hbond substituents is 1.